The van der Waals surface area contributed by atoms with Crippen molar-refractivity contribution in [3.05, 3.63) is 11.6 Å². The van der Waals surface area contributed by atoms with Crippen LogP contribution in [0.1, 0.15) is 66.2 Å². The van der Waals surface area contributed by atoms with Gasteiger partial charge in [-0.15, -0.1) is 0 Å². The van der Waals surface area contributed by atoms with E-state index in [1.165, 1.54) is 5.57 Å². The molecule has 1 saturated heterocycles. The Kier molecular flexibility index (Phi) is 5.03. The number of fused-ring (bicyclic) bond motifs is 3. The van der Waals surface area contributed by atoms with Crippen LogP contribution in [-0.2, 0) is 9.47 Å². The molecule has 0 bridgehead atoms. The number of aliphatic hydroxyl groups excluding tert-OH is 2. The summed E-state index contributed by atoms with van der Waals surface area (Å²) in [5, 5.41) is 20.8. The first kappa shape index (κ1) is 19.9. The monoisotopic (exact) mass is 378 g/mol. The highest BCUT2D eigenvalue weighted by atomic mass is 16.7. The highest BCUT2D eigenvalue weighted by Gasteiger charge is 2.62. The van der Waals surface area contributed by atoms with E-state index in [2.05, 4.69) is 33.8 Å². The van der Waals surface area contributed by atoms with E-state index in [1.807, 2.05) is 0 Å². The van der Waals surface area contributed by atoms with Gasteiger partial charge in [-0.3, -0.25) is 0 Å². The first-order chi connectivity index (χ1) is 12.8. The molecule has 3 aliphatic carbocycles. The highest BCUT2D eigenvalue weighted by Crippen LogP contribution is 2.64. The molecule has 1 heterocycles. The summed E-state index contributed by atoms with van der Waals surface area (Å²) in [5.41, 5.74) is 1.49. The molecule has 154 valence electrons. The Labute approximate surface area is 164 Å². The molecular weight excluding hydrogens is 340 g/mol. The molecule has 1 aliphatic heterocycles. The van der Waals surface area contributed by atoms with Gasteiger partial charge in [0.2, 0.25) is 0 Å². The lowest BCUT2D eigenvalue weighted by molar-refractivity contribution is -0.275. The van der Waals surface area contributed by atoms with Gasteiger partial charge < -0.3 is 19.7 Å². The lowest BCUT2D eigenvalue weighted by atomic mass is 9.45. The van der Waals surface area contributed by atoms with Crippen molar-refractivity contribution in [1.82, 2.24) is 0 Å². The Hall–Kier alpha value is -0.420. The maximum Gasteiger partial charge on any atom is 0.173 e. The fourth-order valence-electron chi connectivity index (χ4n) is 7.32. The number of rotatable bonds is 3. The lowest BCUT2D eigenvalue weighted by Crippen LogP contribution is -2.60. The van der Waals surface area contributed by atoms with Crippen LogP contribution in [0.3, 0.4) is 0 Å². The van der Waals surface area contributed by atoms with E-state index < -0.39 is 11.9 Å². The van der Waals surface area contributed by atoms with Crippen LogP contribution in [0.15, 0.2) is 11.6 Å². The molecule has 4 heteroatoms. The summed E-state index contributed by atoms with van der Waals surface area (Å²) >= 11 is 0. The van der Waals surface area contributed by atoms with Crippen LogP contribution in [0, 0.1) is 34.5 Å². The van der Waals surface area contributed by atoms with Gasteiger partial charge in [0.1, 0.15) is 0 Å². The van der Waals surface area contributed by atoms with E-state index in [0.717, 1.165) is 38.5 Å². The normalized spacial score (nSPS) is 49.3. The Balaban J connectivity index is 1.68. The van der Waals surface area contributed by atoms with Crippen LogP contribution in [0.5, 0.6) is 0 Å². The van der Waals surface area contributed by atoms with E-state index in [-0.39, 0.29) is 23.4 Å². The Morgan fingerprint density at radius 1 is 1.15 bits per heavy atom. The predicted molar refractivity (Wildman–Crippen MR) is 105 cm³/mol. The molecule has 0 aromatic carbocycles. The van der Waals surface area contributed by atoms with Gasteiger partial charge in [0.15, 0.2) is 5.79 Å². The van der Waals surface area contributed by atoms with Crippen molar-refractivity contribution in [1.29, 1.82) is 0 Å². The van der Waals surface area contributed by atoms with Gasteiger partial charge in [0, 0.05) is 12.0 Å². The van der Waals surface area contributed by atoms with E-state index in [1.54, 1.807) is 0 Å². The van der Waals surface area contributed by atoms with E-state index >= 15 is 0 Å². The average molecular weight is 379 g/mol. The minimum atomic E-state index is -0.503. The minimum Gasteiger partial charge on any atom is -0.396 e. The van der Waals surface area contributed by atoms with Gasteiger partial charge in [-0.25, -0.2) is 0 Å². The minimum absolute atomic E-state index is 0.0790. The molecule has 0 aromatic heterocycles. The third-order valence-corrected chi connectivity index (χ3v) is 9.27. The molecule has 4 aliphatic rings. The van der Waals surface area contributed by atoms with Crippen LogP contribution in [0.2, 0.25) is 0 Å². The van der Waals surface area contributed by atoms with Gasteiger partial charge in [0.25, 0.3) is 0 Å². The zero-order valence-corrected chi connectivity index (χ0v) is 17.5. The van der Waals surface area contributed by atoms with Crippen molar-refractivity contribution < 1.29 is 19.7 Å². The molecule has 3 fully saturated rings. The molecule has 4 rings (SSSR count). The standard InChI is InChI=1S/C23H38O4/c1-5-23(26-10-11-27-23)22(4)9-7-18-20(15(22)2)19(25)13-17-12-16(14-24)6-8-21(17,18)3/h13,15-16,18-20,24-25H,5-12,14H2,1-4H3/t15?,16-,18?,19-,20?,21-,22-/m0/s1. The van der Waals surface area contributed by atoms with Crippen molar-refractivity contribution in [2.45, 2.75) is 78.1 Å². The number of hydrogen-bond acceptors (Lipinski definition) is 4. The zero-order chi connectivity index (χ0) is 19.4. The molecule has 0 radical (unpaired) electrons. The van der Waals surface area contributed by atoms with Crippen LogP contribution in [-0.4, -0.2) is 41.9 Å². The van der Waals surface area contributed by atoms with Crippen molar-refractivity contribution in [2.75, 3.05) is 19.8 Å². The Morgan fingerprint density at radius 3 is 2.48 bits per heavy atom. The van der Waals surface area contributed by atoms with Gasteiger partial charge in [0.05, 0.1) is 19.3 Å². The van der Waals surface area contributed by atoms with Crippen LogP contribution in [0.25, 0.3) is 0 Å². The second-order valence-electron chi connectivity index (χ2n) is 10.1. The number of ether oxygens (including phenoxy) is 2. The third kappa shape index (κ3) is 2.70. The van der Waals surface area contributed by atoms with Crippen LogP contribution < -0.4 is 0 Å². The maximum absolute atomic E-state index is 11.2. The fourth-order valence-corrected chi connectivity index (χ4v) is 7.32. The number of hydrogen-bond donors (Lipinski definition) is 2. The average Bonchev–Trinajstić information content (AvgIpc) is 3.15. The third-order valence-electron chi connectivity index (χ3n) is 9.27. The summed E-state index contributed by atoms with van der Waals surface area (Å²) in [6.07, 6.45) is 7.99. The van der Waals surface area contributed by atoms with Crippen LogP contribution >= 0.6 is 0 Å². The summed E-state index contributed by atoms with van der Waals surface area (Å²) in [5.74, 6) is 0.943. The first-order valence-corrected chi connectivity index (χ1v) is 11.1. The Bertz CT molecular complexity index is 595. The lowest BCUT2D eigenvalue weighted by Gasteiger charge is -2.61. The molecule has 0 aromatic rings. The number of aliphatic hydroxyl groups is 2. The van der Waals surface area contributed by atoms with Crippen molar-refractivity contribution in [2.24, 2.45) is 34.5 Å². The summed E-state index contributed by atoms with van der Waals surface area (Å²) in [4.78, 5) is 0. The topological polar surface area (TPSA) is 58.9 Å². The molecule has 2 N–H and O–H groups in total. The largest absolute Gasteiger partial charge is 0.396 e. The predicted octanol–water partition coefficient (Wildman–Crippen LogP) is 3.91. The second-order valence-corrected chi connectivity index (χ2v) is 10.1. The van der Waals surface area contributed by atoms with Crippen molar-refractivity contribution >= 4 is 0 Å². The van der Waals surface area contributed by atoms with Gasteiger partial charge in [-0.05, 0) is 67.6 Å². The van der Waals surface area contributed by atoms with Gasteiger partial charge in [-0.1, -0.05) is 39.3 Å². The second kappa shape index (κ2) is 6.83. The molecule has 7 atom stereocenters. The van der Waals surface area contributed by atoms with Gasteiger partial charge >= 0.3 is 0 Å². The van der Waals surface area contributed by atoms with E-state index in [0.29, 0.717) is 31.0 Å². The smallest absolute Gasteiger partial charge is 0.173 e. The molecule has 2 saturated carbocycles. The van der Waals surface area contributed by atoms with Crippen molar-refractivity contribution in [3.63, 3.8) is 0 Å². The molecule has 0 spiro atoms. The van der Waals surface area contributed by atoms with Gasteiger partial charge in [-0.2, -0.15) is 0 Å². The maximum atomic E-state index is 11.2. The summed E-state index contributed by atoms with van der Waals surface area (Å²) in [6.45, 7) is 10.9. The van der Waals surface area contributed by atoms with Crippen molar-refractivity contribution in [3.8, 4) is 0 Å². The molecule has 4 nitrogen and oxygen atoms in total. The molecule has 3 unspecified atom stereocenters. The molecular formula is C23H38O4. The quantitative estimate of drug-likeness (QED) is 0.731. The summed E-state index contributed by atoms with van der Waals surface area (Å²) in [6, 6.07) is 0. The molecule has 27 heavy (non-hydrogen) atoms. The first-order valence-electron chi connectivity index (χ1n) is 11.1. The van der Waals surface area contributed by atoms with E-state index in [9.17, 15) is 10.2 Å². The fraction of sp³-hybridized carbons (Fsp3) is 0.913. The Morgan fingerprint density at radius 2 is 1.85 bits per heavy atom. The van der Waals surface area contributed by atoms with Crippen LogP contribution in [0.4, 0.5) is 0 Å². The number of allylic oxidation sites excluding steroid dienone is 1. The molecule has 0 amide bonds. The zero-order valence-electron chi connectivity index (χ0n) is 17.5. The summed E-state index contributed by atoms with van der Waals surface area (Å²) < 4.78 is 12.5. The summed E-state index contributed by atoms with van der Waals surface area (Å²) in [7, 11) is 0. The SMILES string of the molecule is CCC1([C@@]2(C)CCC3C(C2C)[C@@H](O)C=C2C[C@@H](CO)CC[C@@]23C)OCCO1. The van der Waals surface area contributed by atoms with E-state index in [4.69, 9.17) is 9.47 Å². The highest BCUT2D eigenvalue weighted by molar-refractivity contribution is 5.27.